The largest absolute Gasteiger partial charge is 0.480 e. The van der Waals surface area contributed by atoms with Gasteiger partial charge in [0.2, 0.25) is 0 Å². The summed E-state index contributed by atoms with van der Waals surface area (Å²) in [4.78, 5) is 23.5. The number of hydrogen-bond acceptors (Lipinski definition) is 4. The highest BCUT2D eigenvalue weighted by Crippen LogP contribution is 2.34. The summed E-state index contributed by atoms with van der Waals surface area (Å²) in [5, 5.41) is 11.1. The number of carboxylic acid groups (broad SMARTS) is 1. The highest BCUT2D eigenvalue weighted by atomic mass is 32.2. The van der Waals surface area contributed by atoms with E-state index in [2.05, 4.69) is 5.32 Å². The van der Waals surface area contributed by atoms with Gasteiger partial charge in [-0.05, 0) is 19.1 Å². The number of fused-ring (bicyclic) bond motifs is 1. The molecule has 2 atom stereocenters. The summed E-state index contributed by atoms with van der Waals surface area (Å²) in [6.45, 7) is 1.42. The van der Waals surface area contributed by atoms with Gasteiger partial charge in [0.1, 0.15) is 11.8 Å². The molecule has 1 aliphatic heterocycles. The van der Waals surface area contributed by atoms with Gasteiger partial charge in [0.05, 0.1) is 0 Å². The Kier molecular flexibility index (Phi) is 3.76. The van der Waals surface area contributed by atoms with Crippen LogP contribution in [0, 0.1) is 0 Å². The third-order valence-corrected chi connectivity index (χ3v) is 3.65. The molecule has 96 valence electrons. The highest BCUT2D eigenvalue weighted by molar-refractivity contribution is 7.99. The van der Waals surface area contributed by atoms with Gasteiger partial charge >= 0.3 is 5.97 Å². The number of carbonyl (C=O) groups excluding carboxylic acids is 1. The molecule has 1 heterocycles. The second kappa shape index (κ2) is 5.30. The van der Waals surface area contributed by atoms with Crippen molar-refractivity contribution in [3.8, 4) is 5.75 Å². The molecule has 0 aliphatic carbocycles. The van der Waals surface area contributed by atoms with Gasteiger partial charge in [-0.15, -0.1) is 11.8 Å². The van der Waals surface area contributed by atoms with Gasteiger partial charge in [0.15, 0.2) is 6.10 Å². The molecule has 1 aliphatic rings. The van der Waals surface area contributed by atoms with Gasteiger partial charge in [-0.1, -0.05) is 12.1 Å². The Bertz CT molecular complexity index is 477. The minimum atomic E-state index is -1.06. The fourth-order valence-electron chi connectivity index (χ4n) is 1.52. The van der Waals surface area contributed by atoms with Crippen molar-refractivity contribution in [2.75, 3.05) is 5.75 Å². The lowest BCUT2D eigenvalue weighted by Gasteiger charge is -2.25. The Balaban J connectivity index is 2.00. The topological polar surface area (TPSA) is 75.6 Å². The van der Waals surface area contributed by atoms with E-state index in [0.717, 1.165) is 4.90 Å². The summed E-state index contributed by atoms with van der Waals surface area (Å²) >= 11 is 1.53. The first kappa shape index (κ1) is 12.8. The van der Waals surface area contributed by atoms with Crippen LogP contribution in [0.2, 0.25) is 0 Å². The van der Waals surface area contributed by atoms with Crippen molar-refractivity contribution in [1.82, 2.24) is 5.32 Å². The van der Waals surface area contributed by atoms with Gasteiger partial charge < -0.3 is 15.2 Å². The van der Waals surface area contributed by atoms with E-state index >= 15 is 0 Å². The van der Waals surface area contributed by atoms with Crippen LogP contribution in [0.1, 0.15) is 6.92 Å². The van der Waals surface area contributed by atoms with Crippen LogP contribution in [0.3, 0.4) is 0 Å². The van der Waals surface area contributed by atoms with Crippen molar-refractivity contribution in [1.29, 1.82) is 0 Å². The summed E-state index contributed by atoms with van der Waals surface area (Å²) in [5.41, 5.74) is 0. The molecular formula is C12H13NO4S. The molecule has 0 saturated heterocycles. The first-order valence-corrected chi connectivity index (χ1v) is 6.48. The number of hydrogen-bond donors (Lipinski definition) is 2. The van der Waals surface area contributed by atoms with Crippen molar-refractivity contribution in [2.45, 2.75) is 24.0 Å². The molecule has 1 amide bonds. The standard InChI is InChI=1S/C12H13NO4S/c1-7(12(15)16)13-11(14)9-6-18-10-5-3-2-4-8(10)17-9/h2-5,7,9H,6H2,1H3,(H,13,14)(H,15,16)/t7-,9?/m0/s1. The average Bonchev–Trinajstić information content (AvgIpc) is 2.37. The lowest BCUT2D eigenvalue weighted by atomic mass is 10.3. The van der Waals surface area contributed by atoms with E-state index in [1.807, 2.05) is 18.2 Å². The van der Waals surface area contributed by atoms with E-state index in [4.69, 9.17) is 9.84 Å². The Hall–Kier alpha value is -1.69. The Morgan fingerprint density at radius 3 is 2.94 bits per heavy atom. The predicted molar refractivity (Wildman–Crippen MR) is 66.8 cm³/mol. The minimum absolute atomic E-state index is 0.396. The monoisotopic (exact) mass is 267 g/mol. The van der Waals surface area contributed by atoms with Crippen molar-refractivity contribution >= 4 is 23.6 Å². The molecule has 5 nitrogen and oxygen atoms in total. The van der Waals surface area contributed by atoms with Crippen molar-refractivity contribution in [3.05, 3.63) is 24.3 Å². The maximum absolute atomic E-state index is 11.8. The molecule has 1 aromatic carbocycles. The van der Waals surface area contributed by atoms with Crippen molar-refractivity contribution < 1.29 is 19.4 Å². The number of nitrogens with one attached hydrogen (secondary N) is 1. The zero-order valence-corrected chi connectivity index (χ0v) is 10.6. The number of benzene rings is 1. The van der Waals surface area contributed by atoms with Gasteiger partial charge in [-0.2, -0.15) is 0 Å². The third kappa shape index (κ3) is 2.76. The normalized spacial score (nSPS) is 19.3. The van der Waals surface area contributed by atoms with E-state index in [9.17, 15) is 9.59 Å². The summed E-state index contributed by atoms with van der Waals surface area (Å²) in [6.07, 6.45) is -0.647. The number of carboxylic acids is 1. The maximum Gasteiger partial charge on any atom is 0.325 e. The number of para-hydroxylation sites is 1. The Morgan fingerprint density at radius 1 is 1.50 bits per heavy atom. The van der Waals surface area contributed by atoms with Gasteiger partial charge in [-0.25, -0.2) is 0 Å². The lowest BCUT2D eigenvalue weighted by molar-refractivity contribution is -0.142. The van der Waals surface area contributed by atoms with Gasteiger partial charge in [0, 0.05) is 10.6 Å². The lowest BCUT2D eigenvalue weighted by Crippen LogP contribution is -2.47. The summed E-state index contributed by atoms with van der Waals surface area (Å²) in [7, 11) is 0. The zero-order chi connectivity index (χ0) is 13.1. The quantitative estimate of drug-likeness (QED) is 0.858. The summed E-state index contributed by atoms with van der Waals surface area (Å²) < 4.78 is 5.55. The fraction of sp³-hybridized carbons (Fsp3) is 0.333. The van der Waals surface area contributed by atoms with Crippen LogP contribution in [0.15, 0.2) is 29.2 Å². The number of ether oxygens (including phenoxy) is 1. The number of amides is 1. The maximum atomic E-state index is 11.8. The number of thioether (sulfide) groups is 1. The van der Waals surface area contributed by atoms with E-state index in [0.29, 0.717) is 11.5 Å². The molecule has 6 heteroatoms. The second-order valence-electron chi connectivity index (χ2n) is 3.93. The van der Waals surface area contributed by atoms with Gasteiger partial charge in [-0.3, -0.25) is 9.59 Å². The predicted octanol–water partition coefficient (Wildman–Crippen LogP) is 1.13. The smallest absolute Gasteiger partial charge is 0.325 e. The van der Waals surface area contributed by atoms with Crippen LogP contribution < -0.4 is 10.1 Å². The highest BCUT2D eigenvalue weighted by Gasteiger charge is 2.28. The van der Waals surface area contributed by atoms with Gasteiger partial charge in [0.25, 0.3) is 5.91 Å². The minimum Gasteiger partial charge on any atom is -0.480 e. The molecule has 2 N–H and O–H groups in total. The van der Waals surface area contributed by atoms with Crippen LogP contribution in [0.4, 0.5) is 0 Å². The molecule has 0 bridgehead atoms. The third-order valence-electron chi connectivity index (χ3n) is 2.53. The SMILES string of the molecule is C[C@H](NC(=O)C1CSc2ccccc2O1)C(=O)O. The van der Waals surface area contributed by atoms with E-state index < -0.39 is 24.0 Å². The van der Waals surface area contributed by atoms with Crippen molar-refractivity contribution in [2.24, 2.45) is 0 Å². The molecular weight excluding hydrogens is 254 g/mol. The number of aliphatic carboxylic acids is 1. The van der Waals surface area contributed by atoms with Crippen LogP contribution in [0.5, 0.6) is 5.75 Å². The molecule has 1 aromatic rings. The van der Waals surface area contributed by atoms with Crippen LogP contribution in [-0.2, 0) is 9.59 Å². The molecule has 0 fully saturated rings. The molecule has 18 heavy (non-hydrogen) atoms. The van der Waals surface area contributed by atoms with Crippen LogP contribution in [-0.4, -0.2) is 34.9 Å². The second-order valence-corrected chi connectivity index (χ2v) is 4.99. The zero-order valence-electron chi connectivity index (χ0n) is 9.75. The number of carbonyl (C=O) groups is 2. The van der Waals surface area contributed by atoms with E-state index in [1.54, 1.807) is 6.07 Å². The molecule has 0 saturated carbocycles. The van der Waals surface area contributed by atoms with Crippen molar-refractivity contribution in [3.63, 3.8) is 0 Å². The van der Waals surface area contributed by atoms with Crippen LogP contribution in [0.25, 0.3) is 0 Å². The average molecular weight is 267 g/mol. The summed E-state index contributed by atoms with van der Waals surface area (Å²) in [6, 6.07) is 6.54. The fourth-order valence-corrected chi connectivity index (χ4v) is 2.50. The summed E-state index contributed by atoms with van der Waals surface area (Å²) in [5.74, 6) is -0.314. The molecule has 0 radical (unpaired) electrons. The molecule has 2 rings (SSSR count). The molecule has 1 unspecified atom stereocenters. The molecule has 0 spiro atoms. The van der Waals surface area contributed by atoms with E-state index in [1.165, 1.54) is 18.7 Å². The molecule has 0 aromatic heterocycles. The Morgan fingerprint density at radius 2 is 2.22 bits per heavy atom. The Labute approximate surface area is 109 Å². The first-order chi connectivity index (χ1) is 8.58. The first-order valence-electron chi connectivity index (χ1n) is 5.49. The van der Waals surface area contributed by atoms with Crippen LogP contribution >= 0.6 is 11.8 Å². The van der Waals surface area contributed by atoms with E-state index in [-0.39, 0.29) is 0 Å². The number of rotatable bonds is 3.